The van der Waals surface area contributed by atoms with Crippen LogP contribution in [0.15, 0.2) is 54.7 Å². The van der Waals surface area contributed by atoms with Crippen LogP contribution in [0.2, 0.25) is 0 Å². The molecule has 2 aromatic carbocycles. The number of aromatic nitrogens is 3. The summed E-state index contributed by atoms with van der Waals surface area (Å²) in [6.45, 7) is 7.28. The lowest BCUT2D eigenvalue weighted by Gasteiger charge is -2.44. The van der Waals surface area contributed by atoms with Gasteiger partial charge in [-0.2, -0.15) is 0 Å². The van der Waals surface area contributed by atoms with Crippen molar-refractivity contribution in [1.82, 2.24) is 30.1 Å². The molecule has 4 aliphatic heterocycles. The van der Waals surface area contributed by atoms with E-state index in [-0.39, 0.29) is 64.9 Å². The number of rotatable bonds is 10. The number of sulfonamides is 1. The van der Waals surface area contributed by atoms with Gasteiger partial charge >= 0.3 is 0 Å². The van der Waals surface area contributed by atoms with E-state index >= 15 is 4.39 Å². The Kier molecular flexibility index (Phi) is 12.7. The second kappa shape index (κ2) is 18.0. The summed E-state index contributed by atoms with van der Waals surface area (Å²) in [5.41, 5.74) is 8.22. The first-order valence-corrected chi connectivity index (χ1v) is 24.2. The van der Waals surface area contributed by atoms with Gasteiger partial charge < -0.3 is 20.4 Å². The highest BCUT2D eigenvalue weighted by Gasteiger charge is 2.43. The number of primary sulfonamides is 1. The Balaban J connectivity index is 0.868. The lowest BCUT2D eigenvalue weighted by Crippen LogP contribution is -2.52. The number of nitrogens with one attached hydrogen (secondary N) is 1. The number of amides is 4. The van der Waals surface area contributed by atoms with Gasteiger partial charge in [-0.3, -0.25) is 24.5 Å². The number of thiazole rings is 1. The van der Waals surface area contributed by atoms with Gasteiger partial charge in [0.25, 0.3) is 0 Å². The van der Waals surface area contributed by atoms with Gasteiger partial charge in [0.05, 0.1) is 27.2 Å². The van der Waals surface area contributed by atoms with Gasteiger partial charge in [-0.1, -0.05) is 38.1 Å². The number of hydrogen-bond donors (Lipinski definition) is 3. The van der Waals surface area contributed by atoms with E-state index in [1.807, 2.05) is 41.0 Å². The fourth-order valence-electron chi connectivity index (χ4n) is 9.70. The van der Waals surface area contributed by atoms with Gasteiger partial charge in [0, 0.05) is 86.0 Å². The Morgan fingerprint density at radius 1 is 0.937 bits per heavy atom. The highest BCUT2D eigenvalue weighted by molar-refractivity contribution is 7.89. The van der Waals surface area contributed by atoms with Crippen molar-refractivity contribution in [2.75, 3.05) is 49.9 Å². The van der Waals surface area contributed by atoms with Gasteiger partial charge in [-0.05, 0) is 81.2 Å². The molecule has 2 unspecified atom stereocenters. The Hall–Kier alpha value is -5.33. The average Bonchev–Trinajstić information content (AvgIpc) is 3.72. The third kappa shape index (κ3) is 9.20. The van der Waals surface area contributed by atoms with Crippen LogP contribution in [-0.4, -0.2) is 96.1 Å². The molecule has 0 saturated carbocycles. The minimum atomic E-state index is -4.08. The fraction of sp³-hybridized carbons (Fsp3) is 0.489. The van der Waals surface area contributed by atoms with E-state index in [9.17, 15) is 27.6 Å². The predicted molar refractivity (Wildman–Crippen MR) is 238 cm³/mol. The molecule has 4 aliphatic rings. The lowest BCUT2D eigenvalue weighted by molar-refractivity contribution is -0.149. The summed E-state index contributed by atoms with van der Waals surface area (Å²) >= 11 is 1.38. The molecule has 0 radical (unpaired) electrons. The van der Waals surface area contributed by atoms with Crippen LogP contribution in [0.1, 0.15) is 105 Å². The summed E-state index contributed by atoms with van der Waals surface area (Å²) in [5, 5.41) is 7.47. The first-order chi connectivity index (χ1) is 30.1. The molecule has 0 bridgehead atoms. The first kappa shape index (κ1) is 44.3. The number of nitrogen functional groups attached to an aromatic ring is 1. The number of anilines is 2. The van der Waals surface area contributed by atoms with Gasteiger partial charge in [-0.25, -0.2) is 32.9 Å². The lowest BCUT2D eigenvalue weighted by atomic mass is 9.78. The maximum Gasteiger partial charge on any atom is 0.234 e. The van der Waals surface area contributed by atoms with Gasteiger partial charge in [0.15, 0.2) is 0 Å². The molecule has 2 atom stereocenters. The summed E-state index contributed by atoms with van der Waals surface area (Å²) in [7, 11) is -4.08. The summed E-state index contributed by atoms with van der Waals surface area (Å²) < 4.78 is 41.1. The van der Waals surface area contributed by atoms with E-state index in [1.165, 1.54) is 23.6 Å². The third-order valence-electron chi connectivity index (χ3n) is 13.5. The van der Waals surface area contributed by atoms with Crippen molar-refractivity contribution in [3.05, 3.63) is 76.7 Å². The topological polar surface area (TPSA) is 215 Å². The Morgan fingerprint density at radius 3 is 2.27 bits per heavy atom. The van der Waals surface area contributed by atoms with Crippen molar-refractivity contribution in [3.63, 3.8) is 0 Å². The van der Waals surface area contributed by atoms with Crippen LogP contribution < -0.4 is 21.1 Å². The molecule has 2 aromatic heterocycles. The molecule has 0 aliphatic carbocycles. The molecular formula is C45H54FN9O6S2. The van der Waals surface area contributed by atoms with E-state index in [4.69, 9.17) is 15.9 Å². The molecule has 4 aromatic rings. The van der Waals surface area contributed by atoms with Crippen molar-refractivity contribution in [1.29, 1.82) is 0 Å². The summed E-state index contributed by atoms with van der Waals surface area (Å²) in [6.07, 6.45) is 6.43. The maximum absolute atomic E-state index is 16.3. The summed E-state index contributed by atoms with van der Waals surface area (Å²) in [4.78, 5) is 71.9. The van der Waals surface area contributed by atoms with E-state index in [0.29, 0.717) is 81.0 Å². The van der Waals surface area contributed by atoms with Gasteiger partial charge in [0.1, 0.15) is 11.1 Å². The second-order valence-corrected chi connectivity index (χ2v) is 20.3. The number of benzene rings is 2. The van der Waals surface area contributed by atoms with Crippen LogP contribution in [0.5, 0.6) is 0 Å². The van der Waals surface area contributed by atoms with E-state index in [0.717, 1.165) is 42.2 Å². The average molecular weight is 900 g/mol. The quantitative estimate of drug-likeness (QED) is 0.169. The molecule has 15 nitrogen and oxygen atoms in total. The van der Waals surface area contributed by atoms with E-state index in [1.54, 1.807) is 25.1 Å². The third-order valence-corrected chi connectivity index (χ3v) is 16.1. The minimum Gasteiger partial charge on any atom is -0.371 e. The number of imide groups is 1. The van der Waals surface area contributed by atoms with E-state index in [2.05, 4.69) is 20.2 Å². The Labute approximate surface area is 370 Å². The van der Waals surface area contributed by atoms with Crippen molar-refractivity contribution >= 4 is 56.6 Å². The van der Waals surface area contributed by atoms with Gasteiger partial charge in [0.2, 0.25) is 39.6 Å². The zero-order valence-corrected chi connectivity index (χ0v) is 37.2. The molecule has 0 spiro atoms. The number of likely N-dealkylation sites (tertiary alicyclic amines) is 2. The normalized spacial score (nSPS) is 20.7. The number of carbonyl (C=O) groups is 4. The molecule has 5 N–H and O–H groups in total. The number of carbonyl (C=O) groups excluding carboxylic acids is 4. The predicted octanol–water partition coefficient (Wildman–Crippen LogP) is 5.50. The van der Waals surface area contributed by atoms with Crippen LogP contribution in [0.25, 0.3) is 21.8 Å². The second-order valence-electron chi connectivity index (χ2n) is 17.5. The molecule has 63 heavy (non-hydrogen) atoms. The first-order valence-electron chi connectivity index (χ1n) is 21.8. The number of halogens is 1. The SMILES string of the molecule is CCC(c1cccc(-c2nc(C3CCN(C(=O)C4(C)CCN(C(=O)C5CCN(c6ccc(C7CCC(=O)NC7=O)cc6)CC5)CC4)CC3)sc2-c2ccnc(N)n2)c1F)S(N)(=O)=O. The van der Waals surface area contributed by atoms with Crippen LogP contribution >= 0.6 is 11.3 Å². The molecule has 4 amide bonds. The van der Waals surface area contributed by atoms with Crippen molar-refractivity contribution in [3.8, 4) is 21.8 Å². The summed E-state index contributed by atoms with van der Waals surface area (Å²) in [5.74, 6) is -1.28. The standard InChI is InChI=1S/C45H54FN9O6S2/c1-3-35(63(48,60)61)32-5-4-6-33(37(32)46)38-39(34-13-20-49-44(47)50-34)62-41(52-38)28-14-23-55(24-15-28)43(59)45(2)18-25-54(26-19-45)42(58)29-16-21-53(22-17-29)30-9-7-27(8-10-30)31-11-12-36(56)51-40(31)57/h4-10,13,20,28-29,31,35H,3,11-12,14-19,21-26H2,1-2H3,(H2,47,49,50)(H2,48,60,61)(H,51,56,57). The monoisotopic (exact) mass is 899 g/mol. The number of hydrogen-bond acceptors (Lipinski definition) is 12. The number of nitrogens with two attached hydrogens (primary N) is 2. The summed E-state index contributed by atoms with van der Waals surface area (Å²) in [6, 6.07) is 14.2. The maximum atomic E-state index is 16.3. The van der Waals surface area contributed by atoms with Crippen molar-refractivity contribution in [2.45, 2.75) is 88.7 Å². The largest absolute Gasteiger partial charge is 0.371 e. The van der Waals surface area contributed by atoms with Crippen molar-refractivity contribution in [2.24, 2.45) is 16.5 Å². The smallest absolute Gasteiger partial charge is 0.234 e. The molecular weight excluding hydrogens is 846 g/mol. The molecule has 8 rings (SSSR count). The zero-order chi connectivity index (χ0) is 44.6. The van der Waals surface area contributed by atoms with Crippen molar-refractivity contribution < 1.29 is 32.0 Å². The zero-order valence-electron chi connectivity index (χ0n) is 35.6. The minimum absolute atomic E-state index is 0.0133. The number of nitrogens with zero attached hydrogens (tertiary/aromatic N) is 6. The molecule has 4 fully saturated rings. The Morgan fingerprint density at radius 2 is 1.63 bits per heavy atom. The van der Waals surface area contributed by atoms with E-state index < -0.39 is 26.5 Å². The molecule has 6 heterocycles. The highest BCUT2D eigenvalue weighted by Crippen LogP contribution is 2.44. The highest BCUT2D eigenvalue weighted by atomic mass is 32.2. The molecule has 334 valence electrons. The molecule has 18 heteroatoms. The molecule has 4 saturated heterocycles. The number of piperidine rings is 4. The van der Waals surface area contributed by atoms with Crippen LogP contribution in [-0.2, 0) is 29.2 Å². The van der Waals surface area contributed by atoms with Gasteiger partial charge in [-0.15, -0.1) is 11.3 Å². The van der Waals surface area contributed by atoms with Crippen LogP contribution in [0.4, 0.5) is 16.0 Å². The van der Waals surface area contributed by atoms with Crippen LogP contribution in [0, 0.1) is 17.2 Å². The Bertz CT molecular complexity index is 2490. The van der Waals surface area contributed by atoms with Crippen LogP contribution in [0.3, 0.4) is 0 Å². The fourth-order valence-corrected chi connectivity index (χ4v) is 11.9.